The molecule has 0 saturated heterocycles. The van der Waals surface area contributed by atoms with Crippen LogP contribution in [0.5, 0.6) is 11.5 Å². The molecule has 1 atom stereocenters. The summed E-state index contributed by atoms with van der Waals surface area (Å²) in [5.74, 6) is 1.54. The van der Waals surface area contributed by atoms with Gasteiger partial charge in [-0.3, -0.25) is 14.9 Å². The van der Waals surface area contributed by atoms with Gasteiger partial charge in [0.1, 0.15) is 6.61 Å². The molecule has 5 nitrogen and oxygen atoms in total. The molecule has 2 aromatic rings. The van der Waals surface area contributed by atoms with Gasteiger partial charge in [-0.15, -0.1) is 0 Å². The standard InChI is InChI=1S/C17H23N3O2/c1-14(12-15-13-18-8-9-19-15)20(2)10-11-22-17-7-5-4-6-16(17)21-3/h4-9,13-14H,10-12H2,1-3H3/t14-/m1/s1. The minimum Gasteiger partial charge on any atom is -0.493 e. The molecule has 1 aromatic heterocycles. The van der Waals surface area contributed by atoms with Crippen LogP contribution in [0.4, 0.5) is 0 Å². The molecule has 0 aliphatic rings. The second-order valence-electron chi connectivity index (χ2n) is 5.23. The third-order valence-electron chi connectivity index (χ3n) is 3.64. The fourth-order valence-corrected chi connectivity index (χ4v) is 2.15. The number of likely N-dealkylation sites (N-methyl/N-ethyl adjacent to an activating group) is 1. The van der Waals surface area contributed by atoms with Crippen molar-refractivity contribution >= 4 is 0 Å². The number of benzene rings is 1. The van der Waals surface area contributed by atoms with E-state index in [4.69, 9.17) is 9.47 Å². The van der Waals surface area contributed by atoms with Gasteiger partial charge in [0, 0.05) is 37.6 Å². The molecular formula is C17H23N3O2. The lowest BCUT2D eigenvalue weighted by Gasteiger charge is -2.24. The molecule has 0 aliphatic carbocycles. The highest BCUT2D eigenvalue weighted by molar-refractivity contribution is 5.39. The van der Waals surface area contributed by atoms with Crippen LogP contribution < -0.4 is 9.47 Å². The Morgan fingerprint density at radius 3 is 2.64 bits per heavy atom. The first-order valence-electron chi connectivity index (χ1n) is 7.41. The number of aromatic nitrogens is 2. The van der Waals surface area contributed by atoms with E-state index in [0.29, 0.717) is 12.6 Å². The van der Waals surface area contributed by atoms with Crippen LogP contribution in [0.15, 0.2) is 42.9 Å². The zero-order valence-electron chi connectivity index (χ0n) is 13.4. The van der Waals surface area contributed by atoms with Gasteiger partial charge in [0.05, 0.1) is 12.8 Å². The van der Waals surface area contributed by atoms with Gasteiger partial charge in [0.25, 0.3) is 0 Å². The van der Waals surface area contributed by atoms with Gasteiger partial charge in [-0.05, 0) is 26.1 Å². The van der Waals surface area contributed by atoms with E-state index < -0.39 is 0 Å². The highest BCUT2D eigenvalue weighted by Gasteiger charge is 2.11. The van der Waals surface area contributed by atoms with Gasteiger partial charge in [0.2, 0.25) is 0 Å². The predicted octanol–water partition coefficient (Wildman–Crippen LogP) is 2.43. The SMILES string of the molecule is COc1ccccc1OCCN(C)[C@H](C)Cc1cnccn1. The molecule has 0 bridgehead atoms. The van der Waals surface area contributed by atoms with E-state index in [1.165, 1.54) is 0 Å². The number of hydrogen-bond donors (Lipinski definition) is 0. The molecule has 118 valence electrons. The lowest BCUT2D eigenvalue weighted by atomic mass is 10.1. The van der Waals surface area contributed by atoms with Crippen LogP contribution in [0.2, 0.25) is 0 Å². The molecule has 22 heavy (non-hydrogen) atoms. The molecule has 2 rings (SSSR count). The summed E-state index contributed by atoms with van der Waals surface area (Å²) in [5.41, 5.74) is 1.01. The Kier molecular flexibility index (Phi) is 6.15. The normalized spacial score (nSPS) is 12.2. The predicted molar refractivity (Wildman–Crippen MR) is 86.3 cm³/mol. The molecule has 0 radical (unpaired) electrons. The summed E-state index contributed by atoms with van der Waals surface area (Å²) in [6.45, 7) is 3.62. The molecule has 0 fully saturated rings. The summed E-state index contributed by atoms with van der Waals surface area (Å²) < 4.78 is 11.1. The van der Waals surface area contributed by atoms with E-state index in [-0.39, 0.29) is 0 Å². The van der Waals surface area contributed by atoms with Crippen molar-refractivity contribution in [2.75, 3.05) is 27.3 Å². The lowest BCUT2D eigenvalue weighted by molar-refractivity contribution is 0.194. The van der Waals surface area contributed by atoms with Crippen molar-refractivity contribution in [1.82, 2.24) is 14.9 Å². The van der Waals surface area contributed by atoms with Crippen molar-refractivity contribution in [3.8, 4) is 11.5 Å². The van der Waals surface area contributed by atoms with Gasteiger partial charge in [0.15, 0.2) is 11.5 Å². The van der Waals surface area contributed by atoms with Gasteiger partial charge >= 0.3 is 0 Å². The molecular weight excluding hydrogens is 278 g/mol. The summed E-state index contributed by atoms with van der Waals surface area (Å²) in [6, 6.07) is 8.06. The maximum Gasteiger partial charge on any atom is 0.161 e. The zero-order valence-corrected chi connectivity index (χ0v) is 13.4. The van der Waals surface area contributed by atoms with Crippen molar-refractivity contribution in [3.63, 3.8) is 0 Å². The Balaban J connectivity index is 1.78. The number of nitrogens with zero attached hydrogens (tertiary/aromatic N) is 3. The third kappa shape index (κ3) is 4.70. The van der Waals surface area contributed by atoms with E-state index >= 15 is 0 Å². The van der Waals surface area contributed by atoms with Crippen molar-refractivity contribution in [1.29, 1.82) is 0 Å². The summed E-state index contributed by atoms with van der Waals surface area (Å²) >= 11 is 0. The van der Waals surface area contributed by atoms with Crippen LogP contribution in [0.25, 0.3) is 0 Å². The Bertz CT molecular complexity index is 563. The monoisotopic (exact) mass is 301 g/mol. The Morgan fingerprint density at radius 2 is 1.95 bits per heavy atom. The highest BCUT2D eigenvalue weighted by Crippen LogP contribution is 2.25. The van der Waals surface area contributed by atoms with E-state index in [1.807, 2.05) is 30.5 Å². The Hall–Kier alpha value is -2.14. The molecule has 0 unspecified atom stereocenters. The molecule has 0 spiro atoms. The molecule has 0 aliphatic heterocycles. The number of para-hydroxylation sites is 2. The molecule has 5 heteroatoms. The van der Waals surface area contributed by atoms with E-state index in [9.17, 15) is 0 Å². The second kappa shape index (κ2) is 8.34. The van der Waals surface area contributed by atoms with Crippen molar-refractivity contribution in [2.24, 2.45) is 0 Å². The molecule has 0 amide bonds. The summed E-state index contributed by atoms with van der Waals surface area (Å²) in [4.78, 5) is 10.7. The van der Waals surface area contributed by atoms with Gasteiger partial charge in [-0.25, -0.2) is 0 Å². The molecule has 0 N–H and O–H groups in total. The maximum atomic E-state index is 5.80. The fraction of sp³-hybridized carbons (Fsp3) is 0.412. The average Bonchev–Trinajstić information content (AvgIpc) is 2.56. The minimum atomic E-state index is 0.373. The van der Waals surface area contributed by atoms with E-state index in [2.05, 4.69) is 28.8 Å². The Morgan fingerprint density at radius 1 is 1.18 bits per heavy atom. The van der Waals surface area contributed by atoms with E-state index in [1.54, 1.807) is 19.5 Å². The third-order valence-corrected chi connectivity index (χ3v) is 3.64. The van der Waals surface area contributed by atoms with Crippen LogP contribution in [0.3, 0.4) is 0 Å². The van der Waals surface area contributed by atoms with Crippen LogP contribution in [-0.2, 0) is 6.42 Å². The number of rotatable bonds is 8. The Labute approximate surface area is 131 Å². The summed E-state index contributed by atoms with van der Waals surface area (Å²) in [5, 5.41) is 0. The number of methoxy groups -OCH3 is 1. The largest absolute Gasteiger partial charge is 0.493 e. The average molecular weight is 301 g/mol. The quantitative estimate of drug-likeness (QED) is 0.749. The van der Waals surface area contributed by atoms with Gasteiger partial charge in [-0.1, -0.05) is 12.1 Å². The zero-order chi connectivity index (χ0) is 15.8. The van der Waals surface area contributed by atoms with Crippen LogP contribution in [0, 0.1) is 0 Å². The molecule has 0 saturated carbocycles. The lowest BCUT2D eigenvalue weighted by Crippen LogP contribution is -2.34. The minimum absolute atomic E-state index is 0.373. The first kappa shape index (κ1) is 16.2. The van der Waals surface area contributed by atoms with Crippen molar-refractivity contribution in [3.05, 3.63) is 48.5 Å². The second-order valence-corrected chi connectivity index (χ2v) is 5.23. The molecule has 1 heterocycles. The topological polar surface area (TPSA) is 47.5 Å². The van der Waals surface area contributed by atoms with Gasteiger partial charge in [-0.2, -0.15) is 0 Å². The van der Waals surface area contributed by atoms with Gasteiger partial charge < -0.3 is 9.47 Å². The number of hydrogen-bond acceptors (Lipinski definition) is 5. The van der Waals surface area contributed by atoms with Crippen LogP contribution in [0.1, 0.15) is 12.6 Å². The summed E-state index contributed by atoms with van der Waals surface area (Å²) in [7, 11) is 3.74. The van der Waals surface area contributed by atoms with Crippen molar-refractivity contribution < 1.29 is 9.47 Å². The summed E-state index contributed by atoms with van der Waals surface area (Å²) in [6.07, 6.45) is 6.11. The van der Waals surface area contributed by atoms with Crippen molar-refractivity contribution in [2.45, 2.75) is 19.4 Å². The highest BCUT2D eigenvalue weighted by atomic mass is 16.5. The first-order valence-corrected chi connectivity index (χ1v) is 7.41. The van der Waals surface area contributed by atoms with Crippen LogP contribution in [-0.4, -0.2) is 48.2 Å². The smallest absolute Gasteiger partial charge is 0.161 e. The van der Waals surface area contributed by atoms with E-state index in [0.717, 1.165) is 30.2 Å². The fourth-order valence-electron chi connectivity index (χ4n) is 2.15. The number of ether oxygens (including phenoxy) is 2. The first-order chi connectivity index (χ1) is 10.7. The van der Waals surface area contributed by atoms with Crippen LogP contribution >= 0.6 is 0 Å². The molecule has 1 aromatic carbocycles. The maximum absolute atomic E-state index is 5.80.